The van der Waals surface area contributed by atoms with E-state index in [0.29, 0.717) is 17.5 Å². The van der Waals surface area contributed by atoms with Crippen molar-refractivity contribution < 1.29 is 12.8 Å². The van der Waals surface area contributed by atoms with Crippen LogP contribution in [0.25, 0.3) is 11.5 Å². The topological polar surface area (TPSA) is 107 Å². The Morgan fingerprint density at radius 2 is 1.80 bits per heavy atom. The summed E-state index contributed by atoms with van der Waals surface area (Å²) in [6.45, 7) is 2.15. The van der Waals surface area contributed by atoms with Gasteiger partial charge in [-0.05, 0) is 29.8 Å². The van der Waals surface area contributed by atoms with E-state index in [-0.39, 0.29) is 18.8 Å². The van der Waals surface area contributed by atoms with Crippen LogP contribution >= 0.6 is 0 Å². The fourth-order valence-electron chi connectivity index (χ4n) is 2.94. The third kappa shape index (κ3) is 4.54. The zero-order chi connectivity index (χ0) is 21.0. The van der Waals surface area contributed by atoms with Crippen LogP contribution in [0.3, 0.4) is 0 Å². The maximum absolute atomic E-state index is 13.2. The van der Waals surface area contributed by atoms with Crippen LogP contribution in [0.1, 0.15) is 11.5 Å². The second-order valence-electron chi connectivity index (χ2n) is 6.64. The van der Waals surface area contributed by atoms with Crippen LogP contribution in [-0.2, 0) is 23.1 Å². The Balaban J connectivity index is 1.57. The number of sulfonamides is 1. The lowest BCUT2D eigenvalue weighted by atomic mass is 10.1. The number of nitrogens with zero attached hydrogens (tertiary/aromatic N) is 6. The van der Waals surface area contributed by atoms with Gasteiger partial charge in [-0.25, -0.2) is 13.4 Å². The normalized spacial score (nSPS) is 11.5. The van der Waals surface area contributed by atoms with Crippen molar-refractivity contribution in [2.45, 2.75) is 20.0 Å². The van der Waals surface area contributed by atoms with Gasteiger partial charge < -0.3 is 4.42 Å². The first-order chi connectivity index (χ1) is 14.5. The number of aromatic nitrogens is 5. The molecule has 0 amide bonds. The van der Waals surface area contributed by atoms with Gasteiger partial charge in [-0.15, -0.1) is 10.2 Å². The SMILES string of the molecule is Cc1nnc(-c2ccc(CN(c3ccccc3)S(=O)(=O)CCn3cncn3)cc2)o1. The van der Waals surface area contributed by atoms with Crippen molar-refractivity contribution in [3.8, 4) is 11.5 Å². The number of rotatable bonds is 8. The van der Waals surface area contributed by atoms with Crippen LogP contribution in [0.15, 0.2) is 71.7 Å². The summed E-state index contributed by atoms with van der Waals surface area (Å²) in [5.41, 5.74) is 2.22. The van der Waals surface area contributed by atoms with E-state index >= 15 is 0 Å². The summed E-state index contributed by atoms with van der Waals surface area (Å²) >= 11 is 0. The fraction of sp³-hybridized carbons (Fsp3) is 0.200. The van der Waals surface area contributed by atoms with Crippen LogP contribution in [0.4, 0.5) is 5.69 Å². The van der Waals surface area contributed by atoms with E-state index in [1.807, 2.05) is 42.5 Å². The van der Waals surface area contributed by atoms with Crippen molar-refractivity contribution in [3.05, 3.63) is 78.7 Å². The maximum Gasteiger partial charge on any atom is 0.247 e. The minimum absolute atomic E-state index is 0.0927. The molecule has 4 rings (SSSR count). The second-order valence-corrected chi connectivity index (χ2v) is 8.65. The number of hydrogen-bond donors (Lipinski definition) is 0. The van der Waals surface area contributed by atoms with E-state index in [4.69, 9.17) is 4.42 Å². The Labute approximate surface area is 174 Å². The van der Waals surface area contributed by atoms with Crippen molar-refractivity contribution in [1.29, 1.82) is 0 Å². The summed E-state index contributed by atoms with van der Waals surface area (Å²) in [6, 6.07) is 16.4. The first kappa shape index (κ1) is 19.8. The van der Waals surface area contributed by atoms with Gasteiger partial charge in [-0.2, -0.15) is 5.10 Å². The molecule has 0 radical (unpaired) electrons. The minimum atomic E-state index is -3.60. The molecule has 0 saturated carbocycles. The molecule has 0 atom stereocenters. The number of aryl methyl sites for hydroxylation is 2. The summed E-state index contributed by atoms with van der Waals surface area (Å²) < 4.78 is 34.7. The summed E-state index contributed by atoms with van der Waals surface area (Å²) in [7, 11) is -3.60. The van der Waals surface area contributed by atoms with Crippen LogP contribution in [0, 0.1) is 6.92 Å². The van der Waals surface area contributed by atoms with Gasteiger partial charge >= 0.3 is 0 Å². The first-order valence-electron chi connectivity index (χ1n) is 9.28. The van der Waals surface area contributed by atoms with E-state index in [9.17, 15) is 8.42 Å². The lowest BCUT2D eigenvalue weighted by Gasteiger charge is -2.24. The average Bonchev–Trinajstić information content (AvgIpc) is 3.43. The highest BCUT2D eigenvalue weighted by atomic mass is 32.2. The Bertz CT molecular complexity index is 1190. The van der Waals surface area contributed by atoms with Crippen molar-refractivity contribution in [2.75, 3.05) is 10.1 Å². The van der Waals surface area contributed by atoms with Gasteiger partial charge in [0.15, 0.2) is 0 Å². The molecule has 0 aliphatic heterocycles. The summed E-state index contributed by atoms with van der Waals surface area (Å²) in [4.78, 5) is 3.85. The van der Waals surface area contributed by atoms with Gasteiger partial charge in [0.05, 0.1) is 24.5 Å². The maximum atomic E-state index is 13.2. The van der Waals surface area contributed by atoms with Crippen molar-refractivity contribution >= 4 is 15.7 Å². The first-order valence-corrected chi connectivity index (χ1v) is 10.9. The van der Waals surface area contributed by atoms with Crippen molar-refractivity contribution in [3.63, 3.8) is 0 Å². The molecule has 0 unspecified atom stereocenters. The highest BCUT2D eigenvalue weighted by molar-refractivity contribution is 7.92. The summed E-state index contributed by atoms with van der Waals surface area (Å²) in [6.07, 6.45) is 2.88. The van der Waals surface area contributed by atoms with Crippen molar-refractivity contribution in [2.24, 2.45) is 0 Å². The molecule has 0 saturated heterocycles. The molecule has 2 aromatic carbocycles. The molecule has 2 aromatic heterocycles. The van der Waals surface area contributed by atoms with Gasteiger partial charge in [-0.3, -0.25) is 8.99 Å². The molecule has 4 aromatic rings. The van der Waals surface area contributed by atoms with E-state index in [2.05, 4.69) is 20.3 Å². The quantitative estimate of drug-likeness (QED) is 0.428. The van der Waals surface area contributed by atoms with Gasteiger partial charge in [-0.1, -0.05) is 30.3 Å². The van der Waals surface area contributed by atoms with Crippen LogP contribution in [-0.4, -0.2) is 39.1 Å². The van der Waals surface area contributed by atoms with Gasteiger partial charge in [0.25, 0.3) is 0 Å². The average molecular weight is 424 g/mol. The number of anilines is 1. The zero-order valence-corrected chi connectivity index (χ0v) is 17.1. The Morgan fingerprint density at radius 3 is 2.43 bits per heavy atom. The van der Waals surface area contributed by atoms with Crippen molar-refractivity contribution in [1.82, 2.24) is 25.0 Å². The molecule has 0 spiro atoms. The molecule has 9 nitrogen and oxygen atoms in total. The van der Waals surface area contributed by atoms with Gasteiger partial charge in [0.2, 0.25) is 21.8 Å². The highest BCUT2D eigenvalue weighted by Crippen LogP contribution is 2.23. The molecule has 154 valence electrons. The van der Waals surface area contributed by atoms with Crippen LogP contribution < -0.4 is 4.31 Å². The number of benzene rings is 2. The monoisotopic (exact) mass is 424 g/mol. The van der Waals surface area contributed by atoms with E-state index < -0.39 is 10.0 Å². The fourth-order valence-corrected chi connectivity index (χ4v) is 4.37. The molecule has 0 aliphatic carbocycles. The zero-order valence-electron chi connectivity index (χ0n) is 16.3. The van der Waals surface area contributed by atoms with Gasteiger partial charge in [0.1, 0.15) is 12.7 Å². The highest BCUT2D eigenvalue weighted by Gasteiger charge is 2.23. The molecular weight excluding hydrogens is 404 g/mol. The van der Waals surface area contributed by atoms with Gasteiger partial charge in [0, 0.05) is 12.5 Å². The van der Waals surface area contributed by atoms with E-state index in [1.54, 1.807) is 19.1 Å². The third-order valence-corrected chi connectivity index (χ3v) is 6.19. The Kier molecular flexibility index (Phi) is 5.57. The number of para-hydroxylation sites is 1. The molecule has 2 heterocycles. The molecule has 30 heavy (non-hydrogen) atoms. The van der Waals surface area contributed by atoms with Crippen LogP contribution in [0.5, 0.6) is 0 Å². The molecule has 0 bridgehead atoms. The molecule has 0 aliphatic rings. The molecule has 0 fully saturated rings. The standard InChI is InChI=1S/C20H20N6O3S/c1-16-23-24-20(29-16)18-9-7-17(8-10-18)13-26(19-5-3-2-4-6-19)30(27,28)12-11-25-15-21-14-22-25/h2-10,14-15H,11-13H2,1H3. The summed E-state index contributed by atoms with van der Waals surface area (Å²) in [5.74, 6) is 0.826. The molecule has 0 N–H and O–H groups in total. The number of hydrogen-bond acceptors (Lipinski definition) is 7. The summed E-state index contributed by atoms with van der Waals surface area (Å²) in [5, 5.41) is 11.8. The lowest BCUT2D eigenvalue weighted by Crippen LogP contribution is -2.34. The van der Waals surface area contributed by atoms with Crippen LogP contribution in [0.2, 0.25) is 0 Å². The third-order valence-electron chi connectivity index (χ3n) is 4.48. The second kappa shape index (κ2) is 8.46. The minimum Gasteiger partial charge on any atom is -0.421 e. The predicted octanol–water partition coefficient (Wildman–Crippen LogP) is 2.67. The smallest absolute Gasteiger partial charge is 0.247 e. The molecular formula is C20H20N6O3S. The Hall–Kier alpha value is -3.53. The largest absolute Gasteiger partial charge is 0.421 e. The lowest BCUT2D eigenvalue weighted by molar-refractivity contribution is 0.532. The van der Waals surface area contributed by atoms with E-state index in [1.165, 1.54) is 21.6 Å². The van der Waals surface area contributed by atoms with E-state index in [0.717, 1.165) is 11.1 Å². The molecule has 10 heteroatoms. The Morgan fingerprint density at radius 1 is 1.03 bits per heavy atom. The predicted molar refractivity (Wildman–Crippen MR) is 111 cm³/mol.